The summed E-state index contributed by atoms with van der Waals surface area (Å²) in [5.41, 5.74) is 1.65. The third-order valence-electron chi connectivity index (χ3n) is 3.75. The normalized spacial score (nSPS) is 12.0. The maximum absolute atomic E-state index is 12.3. The Morgan fingerprint density at radius 2 is 2.07 bits per heavy atom. The molecule has 0 aliphatic carbocycles. The van der Waals surface area contributed by atoms with E-state index < -0.39 is 18.0 Å². The van der Waals surface area contributed by atoms with E-state index in [4.69, 9.17) is 27.9 Å². The predicted octanol–water partition coefficient (Wildman–Crippen LogP) is 3.34. The van der Waals surface area contributed by atoms with Gasteiger partial charge in [-0.3, -0.25) is 4.79 Å². The number of nitrogens with zero attached hydrogens (tertiary/aromatic N) is 4. The van der Waals surface area contributed by atoms with Crippen LogP contribution >= 0.6 is 23.2 Å². The first-order valence-electron chi connectivity index (χ1n) is 8.05. The number of hydrogen-bond donors (Lipinski definition) is 1. The molecule has 27 heavy (non-hydrogen) atoms. The van der Waals surface area contributed by atoms with Gasteiger partial charge in [0.2, 0.25) is 0 Å². The molecule has 0 aliphatic heterocycles. The number of pyridine rings is 1. The monoisotopic (exact) mass is 407 g/mol. The van der Waals surface area contributed by atoms with Crippen molar-refractivity contribution in [2.45, 2.75) is 26.5 Å². The van der Waals surface area contributed by atoms with Crippen LogP contribution in [0.3, 0.4) is 0 Å². The Bertz CT molecular complexity index is 1020. The van der Waals surface area contributed by atoms with Crippen molar-refractivity contribution in [2.75, 3.05) is 5.32 Å². The fourth-order valence-electron chi connectivity index (χ4n) is 2.34. The van der Waals surface area contributed by atoms with E-state index in [9.17, 15) is 9.59 Å². The molecule has 3 aromatic rings. The minimum atomic E-state index is -1.06. The Hall–Kier alpha value is -2.71. The Labute approximate surface area is 164 Å². The Morgan fingerprint density at radius 3 is 2.78 bits per heavy atom. The Kier molecular flexibility index (Phi) is 5.57. The number of nitrogens with one attached hydrogen (secondary N) is 1. The fourth-order valence-corrected chi connectivity index (χ4v) is 2.77. The second-order valence-corrected chi connectivity index (χ2v) is 6.47. The van der Waals surface area contributed by atoms with Crippen LogP contribution in [0, 0.1) is 0 Å². The summed E-state index contributed by atoms with van der Waals surface area (Å²) in [5, 5.41) is 11.0. The number of esters is 1. The molecule has 2 heterocycles. The number of carbonyl (C=O) groups excluding carboxylic acids is 2. The van der Waals surface area contributed by atoms with Crippen LogP contribution in [0.25, 0.3) is 11.0 Å². The van der Waals surface area contributed by atoms with E-state index in [0.29, 0.717) is 17.1 Å². The zero-order valence-electron chi connectivity index (χ0n) is 14.4. The summed E-state index contributed by atoms with van der Waals surface area (Å²) in [6.07, 6.45) is 0.284. The Balaban J connectivity index is 1.68. The average Bonchev–Trinajstić information content (AvgIpc) is 3.06. The fraction of sp³-hybridized carbons (Fsp3) is 0.235. The minimum absolute atomic E-state index is 0.131. The molecule has 0 aliphatic rings. The molecule has 0 saturated heterocycles. The van der Waals surface area contributed by atoms with Gasteiger partial charge in [0.05, 0.1) is 21.1 Å². The first-order chi connectivity index (χ1) is 12.9. The van der Waals surface area contributed by atoms with Crippen LogP contribution in [0.4, 0.5) is 5.82 Å². The van der Waals surface area contributed by atoms with Crippen LogP contribution < -0.4 is 5.32 Å². The van der Waals surface area contributed by atoms with Crippen LogP contribution in [-0.4, -0.2) is 38.0 Å². The van der Waals surface area contributed by atoms with Gasteiger partial charge in [-0.1, -0.05) is 28.4 Å². The van der Waals surface area contributed by atoms with Gasteiger partial charge in [-0.25, -0.2) is 14.5 Å². The molecule has 8 nitrogen and oxygen atoms in total. The number of amides is 1. The van der Waals surface area contributed by atoms with Crippen molar-refractivity contribution in [3.05, 3.63) is 46.1 Å². The summed E-state index contributed by atoms with van der Waals surface area (Å²) >= 11 is 11.7. The molecular weight excluding hydrogens is 393 g/mol. The van der Waals surface area contributed by atoms with E-state index >= 15 is 0 Å². The zero-order valence-corrected chi connectivity index (χ0v) is 16.0. The topological polar surface area (TPSA) is 99.0 Å². The van der Waals surface area contributed by atoms with Gasteiger partial charge < -0.3 is 10.1 Å². The molecule has 0 saturated carbocycles. The van der Waals surface area contributed by atoms with Crippen molar-refractivity contribution in [2.24, 2.45) is 0 Å². The summed E-state index contributed by atoms with van der Waals surface area (Å²) in [5.74, 6) is -1.09. The van der Waals surface area contributed by atoms with Crippen molar-refractivity contribution in [3.63, 3.8) is 0 Å². The van der Waals surface area contributed by atoms with Gasteiger partial charge in [-0.15, -0.1) is 5.10 Å². The molecule has 1 unspecified atom stereocenters. The lowest BCUT2D eigenvalue weighted by Crippen LogP contribution is -2.30. The quantitative estimate of drug-likeness (QED) is 0.651. The molecular formula is C17H15Cl2N5O3. The van der Waals surface area contributed by atoms with E-state index in [1.165, 1.54) is 19.2 Å². The summed E-state index contributed by atoms with van der Waals surface area (Å²) in [4.78, 5) is 28.5. The lowest BCUT2D eigenvalue weighted by molar-refractivity contribution is -0.123. The van der Waals surface area contributed by atoms with Gasteiger partial charge in [0.15, 0.2) is 11.9 Å². The number of benzene rings is 1. The third-order valence-corrected chi connectivity index (χ3v) is 4.25. The number of ether oxygens (including phenoxy) is 1. The van der Waals surface area contributed by atoms with E-state index in [0.717, 1.165) is 5.52 Å². The second kappa shape index (κ2) is 7.89. The predicted molar refractivity (Wildman–Crippen MR) is 101 cm³/mol. The van der Waals surface area contributed by atoms with E-state index in [2.05, 4.69) is 20.6 Å². The lowest BCUT2D eigenvalue weighted by Gasteiger charge is -2.13. The van der Waals surface area contributed by atoms with Crippen LogP contribution in [-0.2, 0) is 16.1 Å². The van der Waals surface area contributed by atoms with Gasteiger partial charge in [-0.05, 0) is 38.1 Å². The number of aryl methyl sites for hydroxylation is 1. The van der Waals surface area contributed by atoms with Crippen LogP contribution in [0.2, 0.25) is 10.0 Å². The molecule has 0 fully saturated rings. The van der Waals surface area contributed by atoms with Gasteiger partial charge in [0.25, 0.3) is 5.91 Å². The maximum atomic E-state index is 12.3. The summed E-state index contributed by atoms with van der Waals surface area (Å²) in [6.45, 7) is 4.06. The number of carbonyl (C=O) groups is 2. The molecule has 1 N–H and O–H groups in total. The molecule has 0 radical (unpaired) electrons. The first-order valence-corrected chi connectivity index (χ1v) is 8.80. The van der Waals surface area contributed by atoms with Gasteiger partial charge in [0, 0.05) is 12.7 Å². The third kappa shape index (κ3) is 4.17. The number of fused-ring (bicyclic) bond motifs is 1. The van der Waals surface area contributed by atoms with E-state index in [1.54, 1.807) is 22.9 Å². The van der Waals surface area contributed by atoms with Gasteiger partial charge in [-0.2, -0.15) is 0 Å². The highest BCUT2D eigenvalue weighted by molar-refractivity contribution is 6.36. The largest absolute Gasteiger partial charge is 0.449 e. The number of rotatable bonds is 5. The van der Waals surface area contributed by atoms with Crippen molar-refractivity contribution < 1.29 is 14.3 Å². The molecule has 2 aromatic heterocycles. The summed E-state index contributed by atoms with van der Waals surface area (Å²) in [7, 11) is 0. The van der Waals surface area contributed by atoms with Crippen molar-refractivity contribution in [3.8, 4) is 0 Å². The SMILES string of the molecule is CCn1nnc2cc(C(=O)OC(C)C(=O)Nc3ncc(Cl)cc3Cl)ccc21. The van der Waals surface area contributed by atoms with Crippen molar-refractivity contribution >= 4 is 51.9 Å². The average molecular weight is 408 g/mol. The zero-order chi connectivity index (χ0) is 19.6. The number of halogens is 2. The molecule has 1 amide bonds. The highest BCUT2D eigenvalue weighted by Gasteiger charge is 2.21. The summed E-state index contributed by atoms with van der Waals surface area (Å²) in [6, 6.07) is 6.35. The number of anilines is 1. The minimum Gasteiger partial charge on any atom is -0.449 e. The molecule has 10 heteroatoms. The number of aromatic nitrogens is 4. The van der Waals surface area contributed by atoms with E-state index in [-0.39, 0.29) is 16.4 Å². The van der Waals surface area contributed by atoms with Crippen LogP contribution in [0.15, 0.2) is 30.5 Å². The standard InChI is InChI=1S/C17H15Cl2N5O3/c1-3-24-14-5-4-10(6-13(14)22-23-24)17(26)27-9(2)16(25)21-15-12(19)7-11(18)8-20-15/h4-9H,3H2,1-2H3,(H,20,21,25). The Morgan fingerprint density at radius 1 is 1.30 bits per heavy atom. The highest BCUT2D eigenvalue weighted by Crippen LogP contribution is 2.23. The van der Waals surface area contributed by atoms with Crippen LogP contribution in [0.1, 0.15) is 24.2 Å². The lowest BCUT2D eigenvalue weighted by atomic mass is 10.2. The molecule has 1 aromatic carbocycles. The smallest absolute Gasteiger partial charge is 0.338 e. The maximum Gasteiger partial charge on any atom is 0.338 e. The van der Waals surface area contributed by atoms with Gasteiger partial charge in [0.1, 0.15) is 5.52 Å². The van der Waals surface area contributed by atoms with E-state index in [1.807, 2.05) is 6.92 Å². The molecule has 3 rings (SSSR count). The molecule has 0 spiro atoms. The second-order valence-electron chi connectivity index (χ2n) is 5.63. The van der Waals surface area contributed by atoms with Gasteiger partial charge >= 0.3 is 5.97 Å². The van der Waals surface area contributed by atoms with Crippen LogP contribution in [0.5, 0.6) is 0 Å². The van der Waals surface area contributed by atoms with Crippen molar-refractivity contribution in [1.82, 2.24) is 20.0 Å². The summed E-state index contributed by atoms with van der Waals surface area (Å²) < 4.78 is 6.92. The first kappa shape index (κ1) is 19.1. The molecule has 0 bridgehead atoms. The van der Waals surface area contributed by atoms with Crippen molar-refractivity contribution in [1.29, 1.82) is 0 Å². The molecule has 1 atom stereocenters. The molecule has 140 valence electrons. The number of hydrogen-bond acceptors (Lipinski definition) is 6. The highest BCUT2D eigenvalue weighted by atomic mass is 35.5.